The summed E-state index contributed by atoms with van der Waals surface area (Å²) in [5.74, 6) is -2.86. The highest BCUT2D eigenvalue weighted by Crippen LogP contribution is 2.43. The van der Waals surface area contributed by atoms with Crippen LogP contribution >= 0.6 is 56.9 Å². The van der Waals surface area contributed by atoms with Crippen molar-refractivity contribution in [2.24, 2.45) is 4.99 Å². The molecule has 2 atom stereocenters. The van der Waals surface area contributed by atoms with E-state index in [1.165, 1.54) is 0 Å². The first-order chi connectivity index (χ1) is 11.7. The molecule has 2 unspecified atom stereocenters. The molecule has 10 heteroatoms. The lowest BCUT2D eigenvalue weighted by molar-refractivity contribution is -0.151. The van der Waals surface area contributed by atoms with E-state index in [-0.39, 0.29) is 11.3 Å². The number of hydrogen-bond donors (Lipinski definition) is 4. The number of aliphatic imine (C=N–C) groups is 1. The number of benzene rings is 1. The SMILES string of the molecule is Nc1c(I)cc(CC2NCCC3=NC(C(=O)O)(C(=O)O)SC32)cc1I. The van der Waals surface area contributed by atoms with Gasteiger partial charge >= 0.3 is 16.8 Å². The van der Waals surface area contributed by atoms with Crippen LogP contribution in [0.1, 0.15) is 12.0 Å². The summed E-state index contributed by atoms with van der Waals surface area (Å²) in [6.07, 6.45) is 1.21. The van der Waals surface area contributed by atoms with Crippen molar-refractivity contribution in [1.29, 1.82) is 0 Å². The summed E-state index contributed by atoms with van der Waals surface area (Å²) in [4.78, 5) is 25.1. The summed E-state index contributed by atoms with van der Waals surface area (Å²) in [7, 11) is 0. The molecular formula is C15H15I2N3O4S. The quantitative estimate of drug-likeness (QED) is 0.241. The van der Waals surface area contributed by atoms with Gasteiger partial charge < -0.3 is 21.3 Å². The third-order valence-corrected chi connectivity index (χ3v) is 7.68. The minimum atomic E-state index is -2.13. The fourth-order valence-corrected chi connectivity index (χ4v) is 6.32. The second-order valence-corrected chi connectivity index (χ2v) is 9.54. The second kappa shape index (κ2) is 7.19. The van der Waals surface area contributed by atoms with E-state index in [9.17, 15) is 19.8 Å². The van der Waals surface area contributed by atoms with Crippen LogP contribution < -0.4 is 11.1 Å². The number of aliphatic carboxylic acids is 2. The molecule has 25 heavy (non-hydrogen) atoms. The van der Waals surface area contributed by atoms with Gasteiger partial charge in [0.15, 0.2) is 0 Å². The first-order valence-corrected chi connectivity index (χ1v) is 10.5. The van der Waals surface area contributed by atoms with E-state index in [1.807, 2.05) is 12.1 Å². The Morgan fingerprint density at radius 2 is 1.92 bits per heavy atom. The first-order valence-electron chi connectivity index (χ1n) is 7.44. The average Bonchev–Trinajstić information content (AvgIpc) is 2.95. The van der Waals surface area contributed by atoms with Gasteiger partial charge in [0, 0.05) is 25.4 Å². The Balaban J connectivity index is 1.87. The van der Waals surface area contributed by atoms with Crippen LogP contribution in [0.25, 0.3) is 0 Å². The average molecular weight is 587 g/mol. The van der Waals surface area contributed by atoms with Crippen molar-refractivity contribution < 1.29 is 19.8 Å². The largest absolute Gasteiger partial charge is 0.478 e. The summed E-state index contributed by atoms with van der Waals surface area (Å²) in [6, 6.07) is 3.94. The molecule has 0 spiro atoms. The predicted octanol–water partition coefficient (Wildman–Crippen LogP) is 1.80. The van der Waals surface area contributed by atoms with Crippen molar-refractivity contribution in [3.8, 4) is 0 Å². The van der Waals surface area contributed by atoms with Crippen molar-refractivity contribution >= 4 is 80.3 Å². The number of nitrogens with one attached hydrogen (secondary N) is 1. The molecule has 0 aliphatic carbocycles. The Morgan fingerprint density at radius 1 is 1.32 bits per heavy atom. The third-order valence-electron chi connectivity index (χ3n) is 4.25. The molecular weight excluding hydrogens is 572 g/mol. The molecule has 2 aliphatic heterocycles. The number of nitrogens with two attached hydrogens (primary N) is 1. The van der Waals surface area contributed by atoms with Crippen LogP contribution in [0.5, 0.6) is 0 Å². The van der Waals surface area contributed by atoms with E-state index in [2.05, 4.69) is 55.5 Å². The van der Waals surface area contributed by atoms with Crippen LogP contribution in [0.3, 0.4) is 0 Å². The van der Waals surface area contributed by atoms with Crippen molar-refractivity contribution in [3.05, 3.63) is 24.8 Å². The molecule has 1 aromatic carbocycles. The Bertz CT molecular complexity index is 749. The second-order valence-electron chi connectivity index (χ2n) is 5.88. The van der Waals surface area contributed by atoms with Gasteiger partial charge in [-0.15, -0.1) is 0 Å². The zero-order valence-electron chi connectivity index (χ0n) is 12.8. The summed E-state index contributed by atoms with van der Waals surface area (Å²) in [5, 5.41) is 21.9. The van der Waals surface area contributed by atoms with Crippen LogP contribution in [0.4, 0.5) is 5.69 Å². The Labute approximate surface area is 175 Å². The number of halogens is 2. The van der Waals surface area contributed by atoms with Gasteiger partial charge in [0.25, 0.3) is 0 Å². The number of carboxylic acids is 2. The number of anilines is 1. The van der Waals surface area contributed by atoms with E-state index in [1.54, 1.807) is 0 Å². The van der Waals surface area contributed by atoms with E-state index < -0.39 is 16.8 Å². The smallest absolute Gasteiger partial charge is 0.354 e. The zero-order chi connectivity index (χ0) is 18.4. The maximum Gasteiger partial charge on any atom is 0.354 e. The van der Waals surface area contributed by atoms with E-state index in [4.69, 9.17) is 5.73 Å². The van der Waals surface area contributed by atoms with Gasteiger partial charge in [-0.1, -0.05) is 11.8 Å². The topological polar surface area (TPSA) is 125 Å². The number of nitrogens with zero attached hydrogens (tertiary/aromatic N) is 1. The summed E-state index contributed by atoms with van der Waals surface area (Å²) in [5.41, 5.74) is 8.47. The predicted molar refractivity (Wildman–Crippen MR) is 113 cm³/mol. The molecule has 1 fully saturated rings. The first kappa shape index (κ1) is 19.2. The number of piperidine rings is 1. The number of carbonyl (C=O) groups is 2. The van der Waals surface area contributed by atoms with E-state index in [0.717, 1.165) is 30.2 Å². The number of rotatable bonds is 4. The van der Waals surface area contributed by atoms with Crippen LogP contribution in [0.2, 0.25) is 0 Å². The molecule has 1 aromatic rings. The van der Waals surface area contributed by atoms with Gasteiger partial charge in [0.1, 0.15) is 0 Å². The van der Waals surface area contributed by atoms with Crippen molar-refractivity contribution in [3.63, 3.8) is 0 Å². The lowest BCUT2D eigenvalue weighted by Gasteiger charge is -2.31. The fourth-order valence-electron chi connectivity index (χ4n) is 3.02. The number of nitrogen functional groups attached to an aromatic ring is 1. The van der Waals surface area contributed by atoms with Crippen LogP contribution in [-0.2, 0) is 16.0 Å². The van der Waals surface area contributed by atoms with Crippen molar-refractivity contribution in [1.82, 2.24) is 5.32 Å². The Morgan fingerprint density at radius 3 is 2.48 bits per heavy atom. The molecule has 134 valence electrons. The molecule has 2 aliphatic rings. The number of hydrogen-bond acceptors (Lipinski definition) is 6. The molecule has 0 aromatic heterocycles. The fraction of sp³-hybridized carbons (Fsp3) is 0.400. The minimum Gasteiger partial charge on any atom is -0.478 e. The monoisotopic (exact) mass is 587 g/mol. The highest BCUT2D eigenvalue weighted by Gasteiger charge is 2.56. The molecule has 5 N–H and O–H groups in total. The van der Waals surface area contributed by atoms with Gasteiger partial charge in [-0.25, -0.2) is 9.59 Å². The van der Waals surface area contributed by atoms with Crippen LogP contribution in [0.15, 0.2) is 17.1 Å². The standard InChI is InChI=1S/C15H15I2N3O4S/c16-7-3-6(4-8(17)11(7)18)5-10-12-9(1-2-19-10)20-15(25-12,13(21)22)14(23)24/h3-4,10,12,19H,1-2,5,18H2,(H,21,22)(H,23,24). The summed E-state index contributed by atoms with van der Waals surface area (Å²) >= 11 is 5.28. The summed E-state index contributed by atoms with van der Waals surface area (Å²) < 4.78 is 1.93. The van der Waals surface area contributed by atoms with Crippen LogP contribution in [0, 0.1) is 7.14 Å². The highest BCUT2D eigenvalue weighted by molar-refractivity contribution is 14.1. The maximum absolute atomic E-state index is 11.6. The normalized spacial score (nSPS) is 24.5. The van der Waals surface area contributed by atoms with Gasteiger partial charge in [0.2, 0.25) is 0 Å². The highest BCUT2D eigenvalue weighted by atomic mass is 127. The van der Waals surface area contributed by atoms with Gasteiger partial charge in [-0.05, 0) is 75.7 Å². The molecule has 7 nitrogen and oxygen atoms in total. The molecule has 0 bridgehead atoms. The van der Waals surface area contributed by atoms with Gasteiger partial charge in [-0.3, -0.25) is 4.99 Å². The third kappa shape index (κ3) is 3.49. The maximum atomic E-state index is 11.6. The molecule has 0 radical (unpaired) electrons. The Kier molecular flexibility index (Phi) is 5.52. The lowest BCUT2D eigenvalue weighted by atomic mass is 9.95. The van der Waals surface area contributed by atoms with Crippen molar-refractivity contribution in [2.75, 3.05) is 12.3 Å². The van der Waals surface area contributed by atoms with Gasteiger partial charge in [0.05, 0.1) is 10.9 Å². The van der Waals surface area contributed by atoms with E-state index >= 15 is 0 Å². The van der Waals surface area contributed by atoms with Gasteiger partial charge in [-0.2, -0.15) is 0 Å². The molecule has 3 rings (SSSR count). The van der Waals surface area contributed by atoms with Crippen LogP contribution in [-0.4, -0.2) is 50.6 Å². The molecule has 0 amide bonds. The number of carboxylic acid groups (broad SMARTS) is 2. The van der Waals surface area contributed by atoms with Crippen molar-refractivity contribution in [2.45, 2.75) is 29.0 Å². The molecule has 2 heterocycles. The minimum absolute atomic E-state index is 0.0756. The molecule has 1 saturated heterocycles. The lowest BCUT2D eigenvalue weighted by Crippen LogP contribution is -2.49. The zero-order valence-corrected chi connectivity index (χ0v) is 18.0. The molecule has 0 saturated carbocycles. The Hall–Kier alpha value is -0.600. The summed E-state index contributed by atoms with van der Waals surface area (Å²) in [6.45, 7) is 0.652. The van der Waals surface area contributed by atoms with E-state index in [0.29, 0.717) is 25.1 Å². The number of fused-ring (bicyclic) bond motifs is 1. The number of thioether (sulfide) groups is 1.